The molecule has 0 fully saturated rings. The maximum absolute atomic E-state index is 15.0. The summed E-state index contributed by atoms with van der Waals surface area (Å²) in [5, 5.41) is 2.13. The Morgan fingerprint density at radius 1 is 0.633 bits per heavy atom. The van der Waals surface area contributed by atoms with Crippen LogP contribution >= 0.6 is 34.0 Å². The second-order valence-electron chi connectivity index (χ2n) is 18.7. The Balaban J connectivity index is 1.44. The third kappa shape index (κ3) is 8.58. The van der Waals surface area contributed by atoms with Gasteiger partial charge in [0.05, 0.1) is 44.3 Å². The maximum atomic E-state index is 15.0. The van der Waals surface area contributed by atoms with Gasteiger partial charge in [0.1, 0.15) is 11.5 Å². The van der Waals surface area contributed by atoms with Crippen LogP contribution in [0.4, 0.5) is 5.69 Å². The first-order valence-corrected chi connectivity index (χ1v) is 24.7. The number of thiophene rings is 3. The molecule has 3 aromatic heterocycles. The number of rotatable bonds is 17. The zero-order valence-corrected chi connectivity index (χ0v) is 39.8. The van der Waals surface area contributed by atoms with Crippen molar-refractivity contribution in [2.24, 2.45) is 11.8 Å². The predicted octanol–water partition coefficient (Wildman–Crippen LogP) is 16.1. The highest BCUT2D eigenvalue weighted by Gasteiger charge is 2.46. The molecule has 1 aliphatic rings. The van der Waals surface area contributed by atoms with Crippen LogP contribution in [0, 0.1) is 11.8 Å². The SMILES string of the molecule is CCCCC(CC)COc1c2cc(C(C)(C)C)sc2c(OCC(CC)CCCC)c2cc(-c3sc(C(C)(C)C)c4c3C(=O)N(c3ccccc3-c3ccccc3)C4=O)sc12. The van der Waals surface area contributed by atoms with Crippen LogP contribution in [0.3, 0.4) is 0 Å². The second kappa shape index (κ2) is 18.2. The van der Waals surface area contributed by atoms with Gasteiger partial charge in [-0.05, 0) is 59.3 Å². The van der Waals surface area contributed by atoms with Gasteiger partial charge in [-0.15, -0.1) is 34.0 Å². The minimum Gasteiger partial charge on any atom is -0.491 e. The van der Waals surface area contributed by atoms with E-state index in [4.69, 9.17) is 9.47 Å². The molecule has 1 aliphatic heterocycles. The van der Waals surface area contributed by atoms with Crippen molar-refractivity contribution < 1.29 is 19.1 Å². The van der Waals surface area contributed by atoms with Crippen LogP contribution in [0.1, 0.15) is 151 Å². The molecule has 3 aromatic carbocycles. The average Bonchev–Trinajstić information content (AvgIpc) is 4.02. The minimum atomic E-state index is -0.371. The number of ether oxygens (including phenoxy) is 2. The molecule has 0 saturated heterocycles. The van der Waals surface area contributed by atoms with Crippen molar-refractivity contribution in [3.8, 4) is 32.4 Å². The normalized spacial score (nSPS) is 14.4. The van der Waals surface area contributed by atoms with Crippen molar-refractivity contribution >= 4 is 71.7 Å². The number of hydrogen-bond donors (Lipinski definition) is 0. The van der Waals surface area contributed by atoms with Gasteiger partial charge in [-0.25, -0.2) is 4.90 Å². The number of anilines is 1. The van der Waals surface area contributed by atoms with E-state index in [1.807, 2.05) is 65.9 Å². The van der Waals surface area contributed by atoms with Crippen molar-refractivity contribution in [3.05, 3.63) is 87.6 Å². The van der Waals surface area contributed by atoms with Gasteiger partial charge in [-0.3, -0.25) is 9.59 Å². The van der Waals surface area contributed by atoms with Gasteiger partial charge in [-0.1, -0.05) is 156 Å². The van der Waals surface area contributed by atoms with E-state index in [1.165, 1.54) is 35.5 Å². The third-order valence-corrected chi connectivity index (χ3v) is 16.5. The molecule has 2 unspecified atom stereocenters. The molecule has 2 amide bonds. The Morgan fingerprint density at radius 2 is 1.18 bits per heavy atom. The first kappa shape index (κ1) is 44.1. The van der Waals surface area contributed by atoms with E-state index in [-0.39, 0.29) is 22.6 Å². The highest BCUT2D eigenvalue weighted by molar-refractivity contribution is 7.27. The lowest BCUT2D eigenvalue weighted by atomic mass is 9.90. The Bertz CT molecular complexity index is 2400. The molecule has 2 atom stereocenters. The number of imide groups is 1. The minimum absolute atomic E-state index is 0.0459. The number of hydrogen-bond acceptors (Lipinski definition) is 7. The van der Waals surface area contributed by atoms with Gasteiger partial charge >= 0.3 is 0 Å². The number of nitrogens with zero attached hydrogens (tertiary/aromatic N) is 1. The fourth-order valence-corrected chi connectivity index (χ4v) is 12.1. The van der Waals surface area contributed by atoms with E-state index in [9.17, 15) is 4.79 Å². The summed E-state index contributed by atoms with van der Waals surface area (Å²) < 4.78 is 16.3. The zero-order chi connectivity index (χ0) is 42.9. The van der Waals surface area contributed by atoms with Crippen molar-refractivity contribution in [2.45, 2.75) is 131 Å². The first-order valence-electron chi connectivity index (χ1n) is 22.2. The van der Waals surface area contributed by atoms with E-state index in [0.717, 1.165) is 83.1 Å². The summed E-state index contributed by atoms with van der Waals surface area (Å²) >= 11 is 5.08. The lowest BCUT2D eigenvalue weighted by molar-refractivity contribution is 0.0925. The standard InChI is InChI=1S/C52H63NO4S3/c1-11-15-22-32(13-3)30-56-43-36-28-39(58-45(36)44(57-31-33(14-4)23-16-12-2)37-29-40(51(5,6)7)59-46(37)43)47-41-42(48(60-47)52(8,9)10)50(55)53(49(41)54)38-27-21-20-26-35(38)34-24-18-17-19-25-34/h17-21,24-29,32-33H,11-16,22-23,30-31H2,1-10H3. The van der Waals surface area contributed by atoms with Crippen LogP contribution < -0.4 is 14.4 Å². The van der Waals surface area contributed by atoms with E-state index in [0.29, 0.717) is 41.9 Å². The Kier molecular flexibility index (Phi) is 13.3. The molecule has 4 heterocycles. The monoisotopic (exact) mass is 861 g/mol. The van der Waals surface area contributed by atoms with Crippen molar-refractivity contribution in [3.63, 3.8) is 0 Å². The lowest BCUT2D eigenvalue weighted by Crippen LogP contribution is -2.31. The molecule has 0 N–H and O–H groups in total. The molecule has 8 heteroatoms. The summed E-state index contributed by atoms with van der Waals surface area (Å²) in [6.45, 7) is 23.6. The van der Waals surface area contributed by atoms with Crippen LogP contribution in [0.25, 0.3) is 41.1 Å². The van der Waals surface area contributed by atoms with Crippen LogP contribution in [-0.2, 0) is 10.8 Å². The second-order valence-corrected chi connectivity index (χ2v) is 21.8. The summed E-state index contributed by atoms with van der Waals surface area (Å²) in [4.78, 5) is 35.3. The van der Waals surface area contributed by atoms with E-state index in [1.54, 1.807) is 22.7 Å². The van der Waals surface area contributed by atoms with Gasteiger partial charge in [-0.2, -0.15) is 0 Å². The number of benzene rings is 3. The van der Waals surface area contributed by atoms with Crippen LogP contribution in [0.5, 0.6) is 11.5 Å². The molecule has 0 bridgehead atoms. The lowest BCUT2D eigenvalue weighted by Gasteiger charge is -2.21. The Morgan fingerprint density at radius 3 is 1.75 bits per heavy atom. The zero-order valence-electron chi connectivity index (χ0n) is 37.4. The van der Waals surface area contributed by atoms with Crippen LogP contribution in [-0.4, -0.2) is 25.0 Å². The van der Waals surface area contributed by atoms with Crippen molar-refractivity contribution in [2.75, 3.05) is 18.1 Å². The van der Waals surface area contributed by atoms with Gasteiger partial charge in [0.25, 0.3) is 11.8 Å². The summed E-state index contributed by atoms with van der Waals surface area (Å²) in [7, 11) is 0. The quantitative estimate of drug-likeness (QED) is 0.0857. The number of carbonyl (C=O) groups is 2. The summed E-state index contributed by atoms with van der Waals surface area (Å²) in [5.41, 5.74) is 3.02. The molecular weight excluding hydrogens is 799 g/mol. The molecule has 7 rings (SSSR count). The molecule has 5 nitrogen and oxygen atoms in total. The molecule has 60 heavy (non-hydrogen) atoms. The molecule has 0 radical (unpaired) electrons. The summed E-state index contributed by atoms with van der Waals surface area (Å²) in [6, 6.07) is 22.3. The number of carbonyl (C=O) groups excluding carboxylic acids is 2. The van der Waals surface area contributed by atoms with Gasteiger partial charge in [0.15, 0.2) is 0 Å². The van der Waals surface area contributed by atoms with E-state index < -0.39 is 0 Å². The number of unbranched alkanes of at least 4 members (excludes halogenated alkanes) is 2. The number of fused-ring (bicyclic) bond motifs is 3. The molecule has 0 spiro atoms. The number of amides is 2. The molecule has 6 aromatic rings. The smallest absolute Gasteiger partial charge is 0.267 e. The third-order valence-electron chi connectivity index (χ3n) is 12.0. The maximum Gasteiger partial charge on any atom is 0.267 e. The summed E-state index contributed by atoms with van der Waals surface area (Å²) in [5.74, 6) is 2.20. The molecule has 0 aliphatic carbocycles. The van der Waals surface area contributed by atoms with E-state index in [2.05, 4.69) is 81.4 Å². The molecule has 318 valence electrons. The van der Waals surface area contributed by atoms with Crippen LogP contribution in [0.15, 0.2) is 66.7 Å². The highest BCUT2D eigenvalue weighted by atomic mass is 32.1. The largest absolute Gasteiger partial charge is 0.491 e. The molecular formula is C52H63NO4S3. The average molecular weight is 862 g/mol. The van der Waals surface area contributed by atoms with Gasteiger partial charge in [0.2, 0.25) is 0 Å². The van der Waals surface area contributed by atoms with Crippen molar-refractivity contribution in [1.82, 2.24) is 0 Å². The van der Waals surface area contributed by atoms with Crippen molar-refractivity contribution in [1.29, 1.82) is 0 Å². The summed E-state index contributed by atoms with van der Waals surface area (Å²) in [6.07, 6.45) is 9.11. The van der Waals surface area contributed by atoms with E-state index >= 15 is 4.79 Å². The van der Waals surface area contributed by atoms with Gasteiger partial charge < -0.3 is 9.47 Å². The van der Waals surface area contributed by atoms with Gasteiger partial charge in [0, 0.05) is 31.0 Å². The number of para-hydroxylation sites is 1. The Labute approximate surface area is 370 Å². The molecule has 0 saturated carbocycles. The first-order chi connectivity index (χ1) is 28.7. The fraction of sp³-hybridized carbons (Fsp3) is 0.462. The highest BCUT2D eigenvalue weighted by Crippen LogP contribution is 2.55. The van der Waals surface area contributed by atoms with Crippen LogP contribution in [0.2, 0.25) is 0 Å². The Hall–Kier alpha value is -3.98. The fourth-order valence-electron chi connectivity index (χ4n) is 8.27. The predicted molar refractivity (Wildman–Crippen MR) is 259 cm³/mol. The topological polar surface area (TPSA) is 55.8 Å².